The van der Waals surface area contributed by atoms with Crippen LogP contribution in [0.4, 0.5) is 13.2 Å². The van der Waals surface area contributed by atoms with Gasteiger partial charge in [-0.3, -0.25) is 0 Å². The summed E-state index contributed by atoms with van der Waals surface area (Å²) in [6.45, 7) is 40.3. The molecule has 50 heavy (non-hydrogen) atoms. The summed E-state index contributed by atoms with van der Waals surface area (Å²) in [6, 6.07) is 24.0. The van der Waals surface area contributed by atoms with Crippen molar-refractivity contribution in [3.63, 3.8) is 0 Å². The maximum atomic E-state index is 10.7. The minimum absolute atomic E-state index is 0. The topological polar surface area (TPSA) is 117 Å². The predicted molar refractivity (Wildman–Crippen MR) is 216 cm³/mol. The van der Waals surface area contributed by atoms with Gasteiger partial charge in [-0.2, -0.15) is 13.2 Å². The fourth-order valence-corrected chi connectivity index (χ4v) is 35.7. The maximum Gasteiger partial charge on any atom is 2.00 e. The van der Waals surface area contributed by atoms with Gasteiger partial charge in [-0.15, -0.1) is 0 Å². The third-order valence-corrected chi connectivity index (χ3v) is 30.3. The summed E-state index contributed by atoms with van der Waals surface area (Å²) >= 11 is 0. The van der Waals surface area contributed by atoms with Gasteiger partial charge < -0.3 is 9.20 Å². The molecule has 0 aliphatic heterocycles. The van der Waals surface area contributed by atoms with Crippen LogP contribution in [0, 0.1) is 10.8 Å². The number of hydrogen-bond acceptors (Lipinski definition) is 6. The van der Waals surface area contributed by atoms with E-state index in [1.807, 2.05) is 72.8 Å². The first-order valence-electron chi connectivity index (χ1n) is 16.4. The molecule has 0 heterocycles. The van der Waals surface area contributed by atoms with Crippen LogP contribution < -0.4 is 4.65 Å². The van der Waals surface area contributed by atoms with Gasteiger partial charge in [0.05, 0.1) is 32.2 Å². The summed E-state index contributed by atoms with van der Waals surface area (Å²) in [7, 11) is -9.87. The third-order valence-electron chi connectivity index (χ3n) is 7.15. The van der Waals surface area contributed by atoms with Gasteiger partial charge in [-0.25, -0.2) is 8.42 Å². The monoisotopic (exact) mass is 976 g/mol. The summed E-state index contributed by atoms with van der Waals surface area (Å²) < 4.78 is 63.3. The number of nitrogens with zero attached hydrogens (tertiary/aromatic N) is 2. The fourth-order valence-electron chi connectivity index (χ4n) is 5.97. The van der Waals surface area contributed by atoms with E-state index < -0.39 is 47.9 Å². The minimum atomic E-state index is -6.09. The zero-order valence-corrected chi connectivity index (χ0v) is 40.7. The molecule has 0 amide bonds. The molecule has 2 rings (SSSR count). The van der Waals surface area contributed by atoms with E-state index in [2.05, 4.69) is 114 Å². The zero-order valence-electron chi connectivity index (χ0n) is 33.4. The van der Waals surface area contributed by atoms with Crippen LogP contribution in [0.2, 0.25) is 26.2 Å². The molecule has 0 aliphatic rings. The molecule has 0 aliphatic carbocycles. The maximum absolute atomic E-state index is 10.7. The van der Waals surface area contributed by atoms with Crippen LogP contribution in [0.5, 0.6) is 0 Å². The van der Waals surface area contributed by atoms with Crippen molar-refractivity contribution in [2.24, 2.45) is 0 Å². The van der Waals surface area contributed by atoms with Gasteiger partial charge in [0.15, 0.2) is 26.6 Å². The molecule has 15 heteroatoms. The Morgan fingerprint density at radius 1 is 0.540 bits per heavy atom. The van der Waals surface area contributed by atoms with Crippen molar-refractivity contribution in [3.05, 3.63) is 72.8 Å². The van der Waals surface area contributed by atoms with Crippen molar-refractivity contribution in [3.8, 4) is 0 Å². The first-order valence-corrected chi connectivity index (χ1v) is 27.6. The molecule has 290 valence electrons. The summed E-state index contributed by atoms with van der Waals surface area (Å²) in [5.74, 6) is 2.96. The quantitative estimate of drug-likeness (QED) is 0.101. The molecule has 0 radical (unpaired) electrons. The number of alkyl halides is 3. The SMILES string of the molecule is CC(C)(C)[PH+](C[Si](C)(C)N[Si](C)(C)C[PH+](C(C)(C)C)C(C)(C)C)C(C)(C)C.N#N.O=S(=O)([O-])C(F)(F)F.[Os+2].c1ccccc1.c1ccccc1. The molecule has 2 aromatic rings. The van der Waals surface area contributed by atoms with Crippen LogP contribution >= 0.6 is 15.8 Å². The molecule has 1 N–H and O–H groups in total. The van der Waals surface area contributed by atoms with E-state index in [1.165, 1.54) is 11.6 Å². The average Bonchev–Trinajstić information content (AvgIpc) is 2.91. The second kappa shape index (κ2) is 23.3. The van der Waals surface area contributed by atoms with Gasteiger partial charge in [0.2, 0.25) is 0 Å². The molecule has 0 atom stereocenters. The van der Waals surface area contributed by atoms with E-state index in [-0.39, 0.29) is 19.8 Å². The predicted octanol–water partition coefficient (Wildman–Crippen LogP) is 11.1. The molecule has 0 saturated heterocycles. The Labute approximate surface area is 321 Å². The van der Waals surface area contributed by atoms with E-state index in [4.69, 9.17) is 23.8 Å². The number of benzene rings is 2. The Morgan fingerprint density at radius 2 is 0.680 bits per heavy atom. The van der Waals surface area contributed by atoms with Crippen LogP contribution in [0.3, 0.4) is 0 Å². The Balaban J connectivity index is -0.000000366. The fraction of sp³-hybridized carbons (Fsp3) is 0.657. The van der Waals surface area contributed by atoms with E-state index in [9.17, 15) is 13.2 Å². The second-order valence-corrected chi connectivity index (χ2v) is 38.1. The number of nitrogens with one attached hydrogen (secondary N) is 1. The van der Waals surface area contributed by atoms with Gasteiger partial charge in [0, 0.05) is 26.6 Å². The first kappa shape index (κ1) is 56.2. The van der Waals surface area contributed by atoms with Crippen LogP contribution in [-0.2, 0) is 29.9 Å². The van der Waals surface area contributed by atoms with Gasteiger partial charge in [0.25, 0.3) is 0 Å². The van der Waals surface area contributed by atoms with Crippen molar-refractivity contribution < 1.29 is 45.9 Å². The van der Waals surface area contributed by atoms with Crippen LogP contribution in [0.15, 0.2) is 72.8 Å². The van der Waals surface area contributed by atoms with Crippen molar-refractivity contribution >= 4 is 42.4 Å². The van der Waals surface area contributed by atoms with E-state index >= 15 is 0 Å². The molecular weight excluding hydrogens is 908 g/mol. The number of halogens is 3. The standard InChI is InChI=1S/C22H53NP2Si2.2C6H6.CHF3O3S.N2.Os/c1-19(2,3)24(20(4,5)6)17-26(13,14)23-27(15,16)18-25(21(7,8)9)22(10,11)12;2*1-2-4-6-5-3-1;2-1(3,4)8(5,6)7;1-2;/h23H,17-18H2,1-16H3;2*1-6H;(H,5,6,7);;/q;;;;;+2/p+1. The van der Waals surface area contributed by atoms with Crippen molar-refractivity contribution in [1.29, 1.82) is 10.8 Å². The molecule has 6 nitrogen and oxygen atoms in total. The van der Waals surface area contributed by atoms with Crippen LogP contribution in [0.25, 0.3) is 0 Å². The summed E-state index contributed by atoms with van der Waals surface area (Å²) in [5, 5.41) is 13.9. The molecule has 0 aromatic heterocycles. The van der Waals surface area contributed by atoms with Gasteiger partial charge in [-0.1, -0.05) is 99.0 Å². The van der Waals surface area contributed by atoms with Crippen LogP contribution in [-0.4, -0.2) is 67.1 Å². The summed E-state index contributed by atoms with van der Waals surface area (Å²) in [6.07, 6.45) is 0. The van der Waals surface area contributed by atoms with E-state index in [0.29, 0.717) is 20.6 Å². The molecule has 0 spiro atoms. The Bertz CT molecular complexity index is 1120. The molecule has 0 bridgehead atoms. The summed E-state index contributed by atoms with van der Waals surface area (Å²) in [5.41, 5.74) is -5.65. The number of rotatable bonds is 6. The van der Waals surface area contributed by atoms with Crippen LogP contribution in [0.1, 0.15) is 83.1 Å². The third kappa shape index (κ3) is 28.0. The molecule has 2 aromatic carbocycles. The Hall–Kier alpha value is -0.550. The number of hydrogen-bond donors (Lipinski definition) is 1. The molecule has 0 unspecified atom stereocenters. The second-order valence-electron chi connectivity index (χ2n) is 17.4. The smallest absolute Gasteiger partial charge is 0.741 e. The summed E-state index contributed by atoms with van der Waals surface area (Å²) in [4.78, 5) is 0. The average molecular weight is 975 g/mol. The zero-order chi connectivity index (χ0) is 39.8. The Kier molecular flexibility index (Phi) is 26.2. The van der Waals surface area contributed by atoms with Crippen molar-refractivity contribution in [1.82, 2.24) is 4.65 Å². The Morgan fingerprint density at radius 3 is 0.780 bits per heavy atom. The van der Waals surface area contributed by atoms with E-state index in [1.54, 1.807) is 0 Å². The van der Waals surface area contributed by atoms with Crippen molar-refractivity contribution in [2.75, 3.05) is 11.6 Å². The van der Waals surface area contributed by atoms with Gasteiger partial charge >= 0.3 is 25.3 Å². The van der Waals surface area contributed by atoms with Gasteiger partial charge in [0.1, 0.15) is 0 Å². The largest absolute Gasteiger partial charge is 2.00 e. The molecular formula is C35H67F3N3O3OsP2SSi2+3. The molecule has 0 fully saturated rings. The first-order chi connectivity index (χ1) is 21.6. The normalized spacial score (nSPS) is 12.7. The van der Waals surface area contributed by atoms with Gasteiger partial charge in [-0.05, 0) is 83.1 Å². The van der Waals surface area contributed by atoms with Crippen molar-refractivity contribution in [2.45, 2.75) is 135 Å². The van der Waals surface area contributed by atoms with E-state index in [0.717, 1.165) is 0 Å². The molecule has 0 saturated carbocycles. The minimum Gasteiger partial charge on any atom is -0.741 e.